The van der Waals surface area contributed by atoms with E-state index in [1.807, 2.05) is 6.08 Å². The number of epoxide rings is 1. The van der Waals surface area contributed by atoms with Gasteiger partial charge in [0.1, 0.15) is 0 Å². The van der Waals surface area contributed by atoms with Crippen LogP contribution in [0.1, 0.15) is 12.8 Å². The molecule has 1 atom stereocenters. The van der Waals surface area contributed by atoms with Gasteiger partial charge in [-0.3, -0.25) is 0 Å². The van der Waals surface area contributed by atoms with Crippen LogP contribution in [-0.2, 0) is 14.3 Å². The van der Waals surface area contributed by atoms with Gasteiger partial charge in [-0.25, -0.2) is 4.79 Å². The molecular weight excluding hydrogens is 168 g/mol. The lowest BCUT2D eigenvalue weighted by Crippen LogP contribution is -2.04. The summed E-state index contributed by atoms with van der Waals surface area (Å²) in [5.74, 6) is -0.277. The molecule has 1 fully saturated rings. The summed E-state index contributed by atoms with van der Waals surface area (Å²) in [6.07, 6.45) is 5.21. The van der Waals surface area contributed by atoms with Crippen molar-refractivity contribution in [3.8, 4) is 0 Å². The summed E-state index contributed by atoms with van der Waals surface area (Å²) >= 11 is 0. The van der Waals surface area contributed by atoms with Crippen LogP contribution in [0.4, 0.5) is 0 Å². The van der Waals surface area contributed by atoms with Crippen LogP contribution in [0.15, 0.2) is 24.3 Å². The van der Waals surface area contributed by atoms with Crippen LogP contribution >= 0.6 is 0 Å². The van der Waals surface area contributed by atoms with Crippen LogP contribution in [0, 0.1) is 0 Å². The number of carbonyl (C=O) groups is 1. The predicted molar refractivity (Wildman–Crippen MR) is 49.3 cm³/mol. The molecule has 13 heavy (non-hydrogen) atoms. The van der Waals surface area contributed by atoms with Gasteiger partial charge in [0.15, 0.2) is 0 Å². The van der Waals surface area contributed by atoms with Crippen LogP contribution in [0.5, 0.6) is 0 Å². The van der Waals surface area contributed by atoms with Gasteiger partial charge in [-0.05, 0) is 12.8 Å². The molecule has 1 unspecified atom stereocenters. The number of carbonyl (C=O) groups excluding carboxylic acids is 1. The number of allylic oxidation sites excluding steroid dienone is 1. The molecule has 1 heterocycles. The minimum absolute atomic E-state index is 0.277. The highest BCUT2D eigenvalue weighted by Gasteiger charge is 2.21. The third-order valence-electron chi connectivity index (χ3n) is 1.84. The highest BCUT2D eigenvalue weighted by molar-refractivity contribution is 5.88. The average molecular weight is 182 g/mol. The molecule has 1 aliphatic rings. The van der Waals surface area contributed by atoms with Crippen molar-refractivity contribution in [2.75, 3.05) is 13.7 Å². The molecule has 0 aromatic rings. The normalized spacial score (nSPS) is 21.0. The smallest absolute Gasteiger partial charge is 0.333 e. The topological polar surface area (TPSA) is 38.8 Å². The van der Waals surface area contributed by atoms with Crippen molar-refractivity contribution in [3.63, 3.8) is 0 Å². The van der Waals surface area contributed by atoms with E-state index in [9.17, 15) is 4.79 Å². The maximum absolute atomic E-state index is 11.2. The monoisotopic (exact) mass is 182 g/mol. The van der Waals surface area contributed by atoms with E-state index in [0.29, 0.717) is 18.1 Å². The summed E-state index contributed by atoms with van der Waals surface area (Å²) in [4.78, 5) is 11.2. The molecule has 0 radical (unpaired) electrons. The SMILES string of the molecule is C=CCC(=CCC1CO1)C(=O)OC. The zero-order chi connectivity index (χ0) is 9.68. The molecule has 3 nitrogen and oxygen atoms in total. The Kier molecular flexibility index (Phi) is 3.71. The van der Waals surface area contributed by atoms with E-state index < -0.39 is 0 Å². The number of esters is 1. The second kappa shape index (κ2) is 4.82. The molecule has 72 valence electrons. The minimum atomic E-state index is -0.277. The fourth-order valence-corrected chi connectivity index (χ4v) is 1.01. The molecule has 0 aliphatic carbocycles. The molecule has 0 saturated carbocycles. The Labute approximate surface area is 78.0 Å². The van der Waals surface area contributed by atoms with Crippen LogP contribution in [0.25, 0.3) is 0 Å². The molecule has 0 aromatic heterocycles. The first-order valence-electron chi connectivity index (χ1n) is 4.27. The summed E-state index contributed by atoms with van der Waals surface area (Å²) < 4.78 is 9.65. The van der Waals surface area contributed by atoms with Crippen LogP contribution in [-0.4, -0.2) is 25.8 Å². The predicted octanol–water partition coefficient (Wildman–Crippen LogP) is 1.45. The van der Waals surface area contributed by atoms with E-state index >= 15 is 0 Å². The summed E-state index contributed by atoms with van der Waals surface area (Å²) in [6, 6.07) is 0. The Balaban J connectivity index is 2.47. The number of rotatable bonds is 5. The standard InChI is InChI=1S/C10H14O3/c1-3-4-8(10(11)12-2)5-6-9-7-13-9/h3,5,9H,1,4,6-7H2,2H3. The van der Waals surface area contributed by atoms with E-state index in [1.165, 1.54) is 7.11 Å². The molecule has 0 spiro atoms. The molecule has 3 heteroatoms. The average Bonchev–Trinajstić information content (AvgIpc) is 2.94. The van der Waals surface area contributed by atoms with E-state index in [4.69, 9.17) is 4.74 Å². The van der Waals surface area contributed by atoms with Crippen molar-refractivity contribution in [3.05, 3.63) is 24.3 Å². The van der Waals surface area contributed by atoms with Gasteiger partial charge in [0, 0.05) is 5.57 Å². The first-order chi connectivity index (χ1) is 6.27. The minimum Gasteiger partial charge on any atom is -0.466 e. The Hall–Kier alpha value is -1.09. The lowest BCUT2D eigenvalue weighted by atomic mass is 10.1. The van der Waals surface area contributed by atoms with Gasteiger partial charge in [0.05, 0.1) is 19.8 Å². The van der Waals surface area contributed by atoms with Gasteiger partial charge >= 0.3 is 5.97 Å². The molecule has 0 N–H and O–H groups in total. The highest BCUT2D eigenvalue weighted by atomic mass is 16.6. The fourth-order valence-electron chi connectivity index (χ4n) is 1.01. The number of methoxy groups -OCH3 is 1. The summed E-state index contributed by atoms with van der Waals surface area (Å²) in [5, 5.41) is 0. The zero-order valence-electron chi connectivity index (χ0n) is 7.79. The summed E-state index contributed by atoms with van der Waals surface area (Å²) in [7, 11) is 1.38. The lowest BCUT2D eigenvalue weighted by molar-refractivity contribution is -0.136. The van der Waals surface area contributed by atoms with Gasteiger partial charge in [-0.2, -0.15) is 0 Å². The van der Waals surface area contributed by atoms with Crippen molar-refractivity contribution in [1.29, 1.82) is 0 Å². The van der Waals surface area contributed by atoms with Gasteiger partial charge in [0.2, 0.25) is 0 Å². The van der Waals surface area contributed by atoms with Crippen molar-refractivity contribution in [1.82, 2.24) is 0 Å². The van der Waals surface area contributed by atoms with Crippen LogP contribution < -0.4 is 0 Å². The fraction of sp³-hybridized carbons (Fsp3) is 0.500. The molecule has 1 rings (SSSR count). The number of ether oxygens (including phenoxy) is 2. The van der Waals surface area contributed by atoms with E-state index in [1.54, 1.807) is 6.08 Å². The Morgan fingerprint density at radius 2 is 2.46 bits per heavy atom. The highest BCUT2D eigenvalue weighted by Crippen LogP contribution is 2.16. The van der Waals surface area contributed by atoms with Crippen LogP contribution in [0.3, 0.4) is 0 Å². The third kappa shape index (κ3) is 3.42. The van der Waals surface area contributed by atoms with Crippen molar-refractivity contribution in [2.45, 2.75) is 18.9 Å². The van der Waals surface area contributed by atoms with Crippen LogP contribution in [0.2, 0.25) is 0 Å². The van der Waals surface area contributed by atoms with Crippen molar-refractivity contribution < 1.29 is 14.3 Å². The number of hydrogen-bond acceptors (Lipinski definition) is 3. The van der Waals surface area contributed by atoms with Gasteiger partial charge < -0.3 is 9.47 Å². The quantitative estimate of drug-likeness (QED) is 0.279. The second-order valence-corrected chi connectivity index (χ2v) is 2.90. The van der Waals surface area contributed by atoms with Gasteiger partial charge in [0.25, 0.3) is 0 Å². The van der Waals surface area contributed by atoms with E-state index in [0.717, 1.165) is 13.0 Å². The number of hydrogen-bond donors (Lipinski definition) is 0. The van der Waals surface area contributed by atoms with E-state index in [-0.39, 0.29) is 5.97 Å². The Morgan fingerprint density at radius 3 is 2.92 bits per heavy atom. The molecular formula is C10H14O3. The van der Waals surface area contributed by atoms with E-state index in [2.05, 4.69) is 11.3 Å². The van der Waals surface area contributed by atoms with Crippen molar-refractivity contribution in [2.24, 2.45) is 0 Å². The largest absolute Gasteiger partial charge is 0.466 e. The lowest BCUT2D eigenvalue weighted by Gasteiger charge is -2.01. The Morgan fingerprint density at radius 1 is 1.77 bits per heavy atom. The molecule has 0 bridgehead atoms. The van der Waals surface area contributed by atoms with Crippen molar-refractivity contribution >= 4 is 5.97 Å². The first kappa shape index (κ1) is 9.99. The third-order valence-corrected chi connectivity index (χ3v) is 1.84. The first-order valence-corrected chi connectivity index (χ1v) is 4.27. The summed E-state index contributed by atoms with van der Waals surface area (Å²) in [5.41, 5.74) is 0.660. The maximum atomic E-state index is 11.2. The molecule has 0 amide bonds. The molecule has 1 aliphatic heterocycles. The molecule has 1 saturated heterocycles. The Bertz CT molecular complexity index is 226. The van der Waals surface area contributed by atoms with Gasteiger partial charge in [-0.1, -0.05) is 12.2 Å². The molecule has 0 aromatic carbocycles. The zero-order valence-corrected chi connectivity index (χ0v) is 7.79. The second-order valence-electron chi connectivity index (χ2n) is 2.90. The summed E-state index contributed by atoms with van der Waals surface area (Å²) in [6.45, 7) is 4.38. The van der Waals surface area contributed by atoms with Gasteiger partial charge in [-0.15, -0.1) is 6.58 Å². The maximum Gasteiger partial charge on any atom is 0.333 e.